The lowest BCUT2D eigenvalue weighted by Crippen LogP contribution is -2.17. The molecule has 4 aromatic rings. The molecule has 7 heteroatoms. The maximum absolute atomic E-state index is 9.63. The highest BCUT2D eigenvalue weighted by molar-refractivity contribution is 5.90. The van der Waals surface area contributed by atoms with Crippen molar-refractivity contribution < 1.29 is 5.11 Å². The van der Waals surface area contributed by atoms with E-state index in [0.717, 1.165) is 16.8 Å². The number of anilines is 3. The first kappa shape index (κ1) is 18.9. The van der Waals surface area contributed by atoms with E-state index in [1.54, 1.807) is 17.8 Å². The minimum absolute atomic E-state index is 0.355. The van der Waals surface area contributed by atoms with Crippen molar-refractivity contribution in [2.24, 2.45) is 0 Å². The summed E-state index contributed by atoms with van der Waals surface area (Å²) in [5.41, 5.74) is 4.90. The van der Waals surface area contributed by atoms with Gasteiger partial charge in [-0.2, -0.15) is 15.1 Å². The van der Waals surface area contributed by atoms with Gasteiger partial charge in [-0.05, 0) is 56.2 Å². The van der Waals surface area contributed by atoms with E-state index in [4.69, 9.17) is 0 Å². The standard InChI is InChI=1S/C22H24N6O/c1-14-9-15(2)11-17(10-14)25-20-19-13-24-28(18-7-5-4-6-8-18)21(19)27-22(26-20)23-12-16(3)29/h4-11,13,16,29H,12H2,1-3H3,(H2,23,25,26,27). The van der Waals surface area contributed by atoms with Crippen LogP contribution in [0.5, 0.6) is 0 Å². The van der Waals surface area contributed by atoms with Gasteiger partial charge in [-0.3, -0.25) is 0 Å². The van der Waals surface area contributed by atoms with Crippen molar-refractivity contribution in [3.8, 4) is 5.69 Å². The molecule has 29 heavy (non-hydrogen) atoms. The molecule has 0 bridgehead atoms. The van der Waals surface area contributed by atoms with E-state index >= 15 is 0 Å². The van der Waals surface area contributed by atoms with E-state index in [9.17, 15) is 5.11 Å². The van der Waals surface area contributed by atoms with Crippen molar-refractivity contribution in [2.75, 3.05) is 17.2 Å². The number of fused-ring (bicyclic) bond motifs is 1. The molecule has 2 aromatic heterocycles. The number of aliphatic hydroxyl groups is 1. The van der Waals surface area contributed by atoms with E-state index < -0.39 is 6.10 Å². The molecule has 0 aliphatic carbocycles. The fourth-order valence-electron chi connectivity index (χ4n) is 3.26. The summed E-state index contributed by atoms with van der Waals surface area (Å²) >= 11 is 0. The average Bonchev–Trinajstić information content (AvgIpc) is 3.10. The van der Waals surface area contributed by atoms with Crippen molar-refractivity contribution in [1.29, 1.82) is 0 Å². The lowest BCUT2D eigenvalue weighted by atomic mass is 10.1. The van der Waals surface area contributed by atoms with Crippen LogP contribution in [0.3, 0.4) is 0 Å². The molecule has 7 nitrogen and oxygen atoms in total. The number of hydrogen-bond acceptors (Lipinski definition) is 6. The molecule has 0 fully saturated rings. The van der Waals surface area contributed by atoms with Gasteiger partial charge in [-0.1, -0.05) is 24.3 Å². The highest BCUT2D eigenvalue weighted by atomic mass is 16.3. The Kier molecular flexibility index (Phi) is 5.14. The Hall–Kier alpha value is -3.45. The summed E-state index contributed by atoms with van der Waals surface area (Å²) in [6.45, 7) is 6.20. The van der Waals surface area contributed by atoms with Crippen molar-refractivity contribution in [1.82, 2.24) is 19.7 Å². The molecule has 0 aliphatic rings. The van der Waals surface area contributed by atoms with Gasteiger partial charge in [0.15, 0.2) is 5.65 Å². The Labute approximate surface area is 169 Å². The summed E-state index contributed by atoms with van der Waals surface area (Å²) in [5.74, 6) is 1.10. The highest BCUT2D eigenvalue weighted by Gasteiger charge is 2.15. The predicted molar refractivity (Wildman–Crippen MR) is 116 cm³/mol. The van der Waals surface area contributed by atoms with Crippen LogP contribution in [0.25, 0.3) is 16.7 Å². The van der Waals surface area contributed by atoms with E-state index in [1.165, 1.54) is 11.1 Å². The number of nitrogens with zero attached hydrogens (tertiary/aromatic N) is 4. The van der Waals surface area contributed by atoms with E-state index in [1.807, 2.05) is 30.3 Å². The second-order valence-electron chi connectivity index (χ2n) is 7.26. The number of para-hydroxylation sites is 1. The van der Waals surface area contributed by atoms with Gasteiger partial charge in [0, 0.05) is 12.2 Å². The lowest BCUT2D eigenvalue weighted by molar-refractivity contribution is 0.208. The van der Waals surface area contributed by atoms with Crippen molar-refractivity contribution in [3.05, 3.63) is 65.9 Å². The summed E-state index contributed by atoms with van der Waals surface area (Å²) in [7, 11) is 0. The molecule has 0 saturated heterocycles. The molecule has 0 aliphatic heterocycles. The molecule has 0 spiro atoms. The number of rotatable bonds is 6. The average molecular weight is 388 g/mol. The first-order chi connectivity index (χ1) is 14.0. The van der Waals surface area contributed by atoms with Gasteiger partial charge < -0.3 is 15.7 Å². The summed E-state index contributed by atoms with van der Waals surface area (Å²) in [6.07, 6.45) is 1.26. The Bertz CT molecular complexity index is 1120. The quantitative estimate of drug-likeness (QED) is 0.463. The molecule has 2 aromatic carbocycles. The van der Waals surface area contributed by atoms with Gasteiger partial charge in [-0.15, -0.1) is 0 Å². The van der Waals surface area contributed by atoms with Gasteiger partial charge in [0.05, 0.1) is 23.4 Å². The number of aromatic nitrogens is 4. The Morgan fingerprint density at radius 1 is 1.03 bits per heavy atom. The zero-order valence-corrected chi connectivity index (χ0v) is 16.7. The lowest BCUT2D eigenvalue weighted by Gasteiger charge is -2.12. The number of hydrogen-bond donors (Lipinski definition) is 3. The topological polar surface area (TPSA) is 87.9 Å². The molecule has 0 amide bonds. The van der Waals surface area contributed by atoms with Gasteiger partial charge in [0.2, 0.25) is 5.95 Å². The van der Waals surface area contributed by atoms with Crippen LogP contribution in [0, 0.1) is 13.8 Å². The van der Waals surface area contributed by atoms with E-state index in [0.29, 0.717) is 24.0 Å². The number of aryl methyl sites for hydroxylation is 2. The minimum Gasteiger partial charge on any atom is -0.392 e. The van der Waals surface area contributed by atoms with Crippen LogP contribution in [0.4, 0.5) is 17.5 Å². The third-order valence-electron chi connectivity index (χ3n) is 4.47. The highest BCUT2D eigenvalue weighted by Crippen LogP contribution is 2.27. The van der Waals surface area contributed by atoms with Gasteiger partial charge >= 0.3 is 0 Å². The van der Waals surface area contributed by atoms with Gasteiger partial charge in [-0.25, -0.2) is 4.68 Å². The summed E-state index contributed by atoms with van der Waals surface area (Å²) < 4.78 is 1.79. The Balaban J connectivity index is 1.82. The molecule has 0 radical (unpaired) electrons. The van der Waals surface area contributed by atoms with Crippen LogP contribution in [0.1, 0.15) is 18.1 Å². The van der Waals surface area contributed by atoms with Gasteiger partial charge in [0.25, 0.3) is 0 Å². The maximum Gasteiger partial charge on any atom is 0.226 e. The summed E-state index contributed by atoms with van der Waals surface area (Å²) in [5, 5.41) is 21.5. The number of aliphatic hydroxyl groups excluding tert-OH is 1. The monoisotopic (exact) mass is 388 g/mol. The normalized spacial score (nSPS) is 12.1. The van der Waals surface area contributed by atoms with Crippen molar-refractivity contribution in [2.45, 2.75) is 26.9 Å². The molecule has 2 heterocycles. The van der Waals surface area contributed by atoms with E-state index in [-0.39, 0.29) is 0 Å². The molecule has 3 N–H and O–H groups in total. The second kappa shape index (κ2) is 7.89. The largest absolute Gasteiger partial charge is 0.392 e. The summed E-state index contributed by atoms with van der Waals surface area (Å²) in [4.78, 5) is 9.28. The third-order valence-corrected chi connectivity index (χ3v) is 4.47. The third kappa shape index (κ3) is 4.20. The maximum atomic E-state index is 9.63. The SMILES string of the molecule is Cc1cc(C)cc(Nc2nc(NCC(C)O)nc3c2cnn3-c2ccccc2)c1. The van der Waals surface area contributed by atoms with Crippen LogP contribution < -0.4 is 10.6 Å². The van der Waals surface area contributed by atoms with Crippen LogP contribution in [-0.2, 0) is 0 Å². The molecule has 1 atom stereocenters. The molecule has 4 rings (SSSR count). The second-order valence-corrected chi connectivity index (χ2v) is 7.26. The van der Waals surface area contributed by atoms with Gasteiger partial charge in [0.1, 0.15) is 5.82 Å². The fraction of sp³-hybridized carbons (Fsp3) is 0.227. The van der Waals surface area contributed by atoms with Crippen LogP contribution >= 0.6 is 0 Å². The Morgan fingerprint density at radius 2 is 1.76 bits per heavy atom. The fourth-order valence-corrected chi connectivity index (χ4v) is 3.26. The van der Waals surface area contributed by atoms with Crippen molar-refractivity contribution >= 4 is 28.5 Å². The zero-order chi connectivity index (χ0) is 20.4. The molecular weight excluding hydrogens is 364 g/mol. The predicted octanol–water partition coefficient (Wildman–Crippen LogP) is 3.97. The summed E-state index contributed by atoms with van der Waals surface area (Å²) in [6, 6.07) is 16.1. The van der Waals surface area contributed by atoms with Crippen molar-refractivity contribution in [3.63, 3.8) is 0 Å². The van der Waals surface area contributed by atoms with Crippen LogP contribution in [-0.4, -0.2) is 37.5 Å². The smallest absolute Gasteiger partial charge is 0.226 e. The Morgan fingerprint density at radius 3 is 2.45 bits per heavy atom. The molecule has 1 unspecified atom stereocenters. The first-order valence-corrected chi connectivity index (χ1v) is 9.58. The number of benzene rings is 2. The van der Waals surface area contributed by atoms with Crippen LogP contribution in [0.2, 0.25) is 0 Å². The first-order valence-electron chi connectivity index (χ1n) is 9.58. The number of nitrogens with one attached hydrogen (secondary N) is 2. The van der Waals surface area contributed by atoms with Crippen LogP contribution in [0.15, 0.2) is 54.7 Å². The van der Waals surface area contributed by atoms with E-state index in [2.05, 4.69) is 57.7 Å². The minimum atomic E-state index is -0.510. The zero-order valence-electron chi connectivity index (χ0n) is 16.7. The molecule has 148 valence electrons. The molecule has 0 saturated carbocycles. The molecular formula is C22H24N6O.